The maximum absolute atomic E-state index is 13.5. The molecule has 14 aliphatic rings. The van der Waals surface area contributed by atoms with Crippen molar-refractivity contribution in [2.75, 3.05) is 52.9 Å². The van der Waals surface area contributed by atoms with E-state index in [1.54, 1.807) is 6.20 Å². The zero-order valence-corrected chi connectivity index (χ0v) is 75.4. The fraction of sp³-hybridized carbons (Fsp3) is 0.819. The highest BCUT2D eigenvalue weighted by atomic mass is 16.8. The Labute approximate surface area is 682 Å². The maximum Gasteiger partial charge on any atom is 0.173 e. The molecule has 4 spiro atoms. The molecule has 10 fully saturated rings. The SMILES string of the molecule is CC(C)(C)n1cc2c(n1)[C@@]1(C)CCC3(OCCO3)C(C)(C)[C@@H]1CC2.CC(C)(C)n1cc2c(n1)[C@@]1(C)CCC3(OCCO3)C(C)(C)[C@@H]1CC2.CC(C)(C)n1ncc2c1C[C@H]1C(C)(C)C3(CC[C@]1(C)C2=O)OCCO3.CC1(C)C(=O)CC[C@]2(C)c3nn(C(C)(C)C)cc3CC[C@@H]12.CC1(C)[C@@H]2CC/C(=C\O)C(=O)[C@@]2(C)CCC12OCCO2. The van der Waals surface area contributed by atoms with Crippen LogP contribution in [0, 0.1) is 67.5 Å². The largest absolute Gasteiger partial charge is 0.515 e. The predicted molar refractivity (Wildman–Crippen MR) is 441 cm³/mol. The minimum Gasteiger partial charge on any atom is -0.515 e. The van der Waals surface area contributed by atoms with Gasteiger partial charge in [-0.3, -0.25) is 33.1 Å². The molecule has 10 aliphatic carbocycles. The summed E-state index contributed by atoms with van der Waals surface area (Å²) >= 11 is 0. The molecule has 20 nitrogen and oxygen atoms in total. The monoisotopic (exact) mass is 1580 g/mol. The second-order valence-corrected chi connectivity index (χ2v) is 45.3. The molecule has 4 saturated heterocycles. The molecule has 0 bridgehead atoms. The maximum atomic E-state index is 13.5. The number of aryl methyl sites for hydroxylation is 3. The molecule has 114 heavy (non-hydrogen) atoms. The predicted octanol–water partition coefficient (Wildman–Crippen LogP) is 18.4. The van der Waals surface area contributed by atoms with Crippen molar-refractivity contribution >= 4 is 17.3 Å². The van der Waals surface area contributed by atoms with Crippen LogP contribution in [0.15, 0.2) is 36.6 Å². The quantitative estimate of drug-likeness (QED) is 0.128. The summed E-state index contributed by atoms with van der Waals surface area (Å²) in [7, 11) is 0. The van der Waals surface area contributed by atoms with Gasteiger partial charge in [-0.05, 0) is 219 Å². The number of hydrogen-bond donors (Lipinski definition) is 1. The highest BCUT2D eigenvalue weighted by molar-refractivity contribution is 6.03. The molecule has 20 heteroatoms. The van der Waals surface area contributed by atoms with Crippen LogP contribution in [-0.4, -0.2) is 138 Å². The first-order valence-corrected chi connectivity index (χ1v) is 44.1. The Kier molecular flexibility index (Phi) is 21.1. The van der Waals surface area contributed by atoms with Crippen LogP contribution in [0.25, 0.3) is 0 Å². The van der Waals surface area contributed by atoms with Crippen LogP contribution >= 0.6 is 0 Å². The van der Waals surface area contributed by atoms with E-state index in [2.05, 4.69) is 218 Å². The average molecular weight is 1580 g/mol. The van der Waals surface area contributed by atoms with E-state index in [1.165, 1.54) is 46.6 Å². The van der Waals surface area contributed by atoms with E-state index in [0.717, 1.165) is 140 Å². The lowest BCUT2D eigenvalue weighted by Gasteiger charge is -2.59. The number of aliphatic hydroxyl groups is 1. The Morgan fingerprint density at radius 2 is 0.684 bits per heavy atom. The van der Waals surface area contributed by atoms with Gasteiger partial charge in [0.1, 0.15) is 5.78 Å². The number of allylic oxidation sites excluding steroid dienone is 1. The summed E-state index contributed by atoms with van der Waals surface area (Å²) in [6.07, 6.45) is 27.6. The third kappa shape index (κ3) is 13.0. The van der Waals surface area contributed by atoms with Gasteiger partial charge in [0, 0.05) is 110 Å². The zero-order chi connectivity index (χ0) is 83.2. The van der Waals surface area contributed by atoms with Crippen molar-refractivity contribution in [3.05, 3.63) is 81.7 Å². The highest BCUT2D eigenvalue weighted by Crippen LogP contribution is 2.68. The Bertz CT molecular complexity index is 4220. The molecule has 0 aromatic carbocycles. The first-order valence-electron chi connectivity index (χ1n) is 44.1. The van der Waals surface area contributed by atoms with Gasteiger partial charge in [0.15, 0.2) is 34.7 Å². The Morgan fingerprint density at radius 1 is 0.377 bits per heavy atom. The number of aromatic nitrogens is 8. The molecular weight excluding hydrogens is 1430 g/mol. The van der Waals surface area contributed by atoms with Gasteiger partial charge in [-0.15, -0.1) is 0 Å². The molecule has 0 radical (unpaired) electrons. The molecule has 0 amide bonds. The van der Waals surface area contributed by atoms with Crippen LogP contribution < -0.4 is 0 Å². The van der Waals surface area contributed by atoms with Crippen LogP contribution in [-0.2, 0) is 112 Å². The van der Waals surface area contributed by atoms with Gasteiger partial charge in [-0.1, -0.05) is 104 Å². The van der Waals surface area contributed by atoms with Crippen molar-refractivity contribution < 1.29 is 57.4 Å². The fourth-order valence-corrected chi connectivity index (χ4v) is 26.2. The van der Waals surface area contributed by atoms with Gasteiger partial charge < -0.3 is 43.0 Å². The molecule has 0 unspecified atom stereocenters. The third-order valence-electron chi connectivity index (χ3n) is 33.1. The van der Waals surface area contributed by atoms with E-state index in [0.29, 0.717) is 68.4 Å². The van der Waals surface area contributed by atoms with Gasteiger partial charge in [-0.25, -0.2) is 0 Å². The smallest absolute Gasteiger partial charge is 0.173 e. The number of hydrogen-bond acceptors (Lipinski definition) is 16. The number of ether oxygens (including phenoxy) is 8. The second-order valence-electron chi connectivity index (χ2n) is 45.3. The van der Waals surface area contributed by atoms with Crippen molar-refractivity contribution in [2.45, 2.75) is 370 Å². The summed E-state index contributed by atoms with van der Waals surface area (Å²) in [5, 5.41) is 29.0. The standard InChI is InChI=1S/C20H30N2O3.2C20H32N2O2.C18H28N2O.C16H24O4/c1-17(2,3)22-14-11-15-18(4,5)20(24-9-10-25-20)8-7-19(15,6)16(23)13(14)12-21-22;2*1-17(2,3)22-13-14-7-8-15-18(4,5)20(23-11-12-24-20)10-9-19(15,6)16(14)21-22;1-16(2,3)20-11-12-7-8-13-17(4,5)14(21)9-10-18(13,6)15(12)19-20;1-14(2)12-5-4-11(10-17)13(18)15(12,3)6-7-16(14)19-8-9-20-16/h12,15H,7-11H2,1-6H3;2*13,15H,7-12H2,1-6H3;11,13H,7-10H2,1-6H3;10,12,17H,4-9H2,1-3H3/b;;;;11-10+/t3*15-,19-;13-,18-;12-,15-/m00000/s1. The van der Waals surface area contributed by atoms with Gasteiger partial charge in [0.25, 0.3) is 0 Å². The van der Waals surface area contributed by atoms with Gasteiger partial charge in [0.2, 0.25) is 0 Å². The zero-order valence-electron chi connectivity index (χ0n) is 75.4. The normalized spacial score (nSPS) is 34.7. The number of nitrogens with zero attached hydrogens (tertiary/aromatic N) is 8. The third-order valence-corrected chi connectivity index (χ3v) is 33.1. The van der Waals surface area contributed by atoms with E-state index in [-0.39, 0.29) is 106 Å². The number of aliphatic hydroxyl groups excluding tert-OH is 1. The summed E-state index contributed by atoms with van der Waals surface area (Å²) in [5.41, 5.74) is 9.48. The number of rotatable bonds is 0. The lowest BCUT2D eigenvalue weighted by Crippen LogP contribution is -2.62. The minimum atomic E-state index is -0.554. The first kappa shape index (κ1) is 85.5. The molecule has 18 rings (SSSR count). The van der Waals surface area contributed by atoms with Crippen LogP contribution in [0.5, 0.6) is 0 Å². The molecule has 10 atom stereocenters. The molecule has 4 aromatic rings. The van der Waals surface area contributed by atoms with Crippen molar-refractivity contribution in [2.24, 2.45) is 67.5 Å². The Balaban J connectivity index is 0.000000118. The molecule has 8 heterocycles. The molecular formula is C94H146N8O12. The molecule has 634 valence electrons. The van der Waals surface area contributed by atoms with Gasteiger partial charge in [-0.2, -0.15) is 20.4 Å². The van der Waals surface area contributed by atoms with E-state index < -0.39 is 17.0 Å². The Hall–Kier alpha value is -4.93. The summed E-state index contributed by atoms with van der Waals surface area (Å²) in [5.74, 6) is 0.809. The second kappa shape index (κ2) is 28.1. The number of fused-ring (bicyclic) bond motifs is 12. The number of carbonyl (C=O) groups is 3. The van der Waals surface area contributed by atoms with E-state index >= 15 is 0 Å². The van der Waals surface area contributed by atoms with Crippen molar-refractivity contribution in [3.8, 4) is 0 Å². The first-order chi connectivity index (χ1) is 52.7. The minimum absolute atomic E-state index is 0.000295. The summed E-state index contributed by atoms with van der Waals surface area (Å²) < 4.78 is 57.5. The van der Waals surface area contributed by atoms with Crippen LogP contribution in [0.2, 0.25) is 0 Å². The van der Waals surface area contributed by atoms with Crippen LogP contribution in [0.1, 0.15) is 333 Å². The van der Waals surface area contributed by atoms with Crippen LogP contribution in [0.3, 0.4) is 0 Å². The van der Waals surface area contributed by atoms with E-state index in [1.807, 2.05) is 11.6 Å². The summed E-state index contributed by atoms with van der Waals surface area (Å²) in [6, 6.07) is 0. The molecule has 6 saturated carbocycles. The average Bonchev–Trinajstić information content (AvgIpc) is 0.883. The lowest BCUT2D eigenvalue weighted by atomic mass is 9.48. The van der Waals surface area contributed by atoms with Crippen molar-refractivity contribution in [1.82, 2.24) is 39.1 Å². The van der Waals surface area contributed by atoms with Crippen molar-refractivity contribution in [1.29, 1.82) is 0 Å². The number of ketones is 3. The summed E-state index contributed by atoms with van der Waals surface area (Å²) in [6.45, 7) is 65.7. The van der Waals surface area contributed by atoms with Crippen LogP contribution in [0.4, 0.5) is 0 Å². The van der Waals surface area contributed by atoms with Gasteiger partial charge >= 0.3 is 0 Å². The summed E-state index contributed by atoms with van der Waals surface area (Å²) in [4.78, 5) is 38.5. The van der Waals surface area contributed by atoms with Gasteiger partial charge in [0.05, 0.1) is 116 Å². The van der Waals surface area contributed by atoms with E-state index in [9.17, 15) is 19.5 Å². The highest BCUT2D eigenvalue weighted by Gasteiger charge is 2.70. The lowest BCUT2D eigenvalue weighted by molar-refractivity contribution is -0.281. The Morgan fingerprint density at radius 3 is 1.03 bits per heavy atom. The molecule has 1 N–H and O–H groups in total. The number of Topliss-reactive ketones (excluding diaryl/α,β-unsaturated/α-hetero) is 3. The van der Waals surface area contributed by atoms with Crippen molar-refractivity contribution in [3.63, 3.8) is 0 Å². The number of carbonyl (C=O) groups excluding carboxylic acids is 3. The topological polar surface area (TPSA) is 217 Å². The molecule has 4 aliphatic heterocycles. The molecule has 4 aromatic heterocycles. The van der Waals surface area contributed by atoms with E-state index in [4.69, 9.17) is 53.2 Å². The fourth-order valence-electron chi connectivity index (χ4n) is 26.2.